The first-order chi connectivity index (χ1) is 8.61. The Balaban J connectivity index is 2.41. The quantitative estimate of drug-likeness (QED) is 0.490. The van der Waals surface area contributed by atoms with Crippen LogP contribution in [0, 0.1) is 10.1 Å². The van der Waals surface area contributed by atoms with Gasteiger partial charge in [-0.15, -0.1) is 5.10 Å². The van der Waals surface area contributed by atoms with Crippen LogP contribution in [0.1, 0.15) is 5.69 Å². The molecule has 0 atom stereocenters. The van der Waals surface area contributed by atoms with Crippen LogP contribution in [0.4, 0.5) is 5.69 Å². The second-order valence-corrected chi connectivity index (χ2v) is 4.69. The molecule has 0 amide bonds. The van der Waals surface area contributed by atoms with Crippen molar-refractivity contribution in [2.75, 3.05) is 5.33 Å². The molecule has 2 rings (SSSR count). The summed E-state index contributed by atoms with van der Waals surface area (Å²) >= 11 is 9.31. The number of halogens is 2. The maximum Gasteiger partial charge on any atom is 0.271 e. The molecule has 0 N–H and O–H groups in total. The molecule has 0 aliphatic carbocycles. The van der Waals surface area contributed by atoms with E-state index >= 15 is 0 Å². The maximum absolute atomic E-state index is 10.7. The van der Waals surface area contributed by atoms with E-state index in [0.717, 1.165) is 17.4 Å². The average molecular weight is 332 g/mol. The fraction of sp³-hybridized carbons (Fsp3) is 0.200. The lowest BCUT2D eigenvalue weighted by Gasteiger charge is -2.02. The van der Waals surface area contributed by atoms with Gasteiger partial charge in [-0.05, 0) is 6.07 Å². The van der Waals surface area contributed by atoms with Gasteiger partial charge in [0.1, 0.15) is 0 Å². The number of aryl methyl sites for hydroxylation is 1. The Kier molecular flexibility index (Phi) is 3.93. The molecule has 0 spiro atoms. The predicted octanol–water partition coefficient (Wildman–Crippen LogP) is 2.77. The number of alkyl halides is 1. The molecule has 6 nitrogen and oxygen atoms in total. The zero-order chi connectivity index (χ0) is 13.1. The Bertz CT molecular complexity index is 587. The molecule has 8 heteroatoms. The molecule has 0 aliphatic rings. The molecule has 0 bridgehead atoms. The number of benzene rings is 1. The predicted molar refractivity (Wildman–Crippen MR) is 70.5 cm³/mol. The Morgan fingerprint density at radius 3 is 2.94 bits per heavy atom. The fourth-order valence-electron chi connectivity index (χ4n) is 1.42. The van der Waals surface area contributed by atoms with Gasteiger partial charge in [0.25, 0.3) is 5.69 Å². The molecule has 0 unspecified atom stereocenters. The molecular formula is C10H8BrClN4O2. The van der Waals surface area contributed by atoms with E-state index in [0.29, 0.717) is 10.7 Å². The minimum Gasteiger partial charge on any atom is -0.258 e. The SMILES string of the molecule is O=[N+]([O-])c1ccc(Cl)c(-n2cc(CCBr)nn2)c1. The number of non-ortho nitro benzene ring substituents is 1. The molecule has 0 saturated heterocycles. The highest BCUT2D eigenvalue weighted by Gasteiger charge is 2.12. The number of hydrogen-bond acceptors (Lipinski definition) is 4. The molecule has 94 valence electrons. The first-order valence-electron chi connectivity index (χ1n) is 5.03. The number of nitrogens with zero attached hydrogens (tertiary/aromatic N) is 4. The summed E-state index contributed by atoms with van der Waals surface area (Å²) in [6.45, 7) is 0. The summed E-state index contributed by atoms with van der Waals surface area (Å²) in [5.41, 5.74) is 1.19. The van der Waals surface area contributed by atoms with Gasteiger partial charge in [0.15, 0.2) is 0 Å². The highest BCUT2D eigenvalue weighted by Crippen LogP contribution is 2.24. The zero-order valence-corrected chi connectivity index (χ0v) is 11.4. The van der Waals surface area contributed by atoms with Gasteiger partial charge in [-0.2, -0.15) is 0 Å². The summed E-state index contributed by atoms with van der Waals surface area (Å²) in [5, 5.41) is 19.7. The third-order valence-corrected chi connectivity index (χ3v) is 2.99. The monoisotopic (exact) mass is 330 g/mol. The third-order valence-electron chi connectivity index (χ3n) is 2.28. The van der Waals surface area contributed by atoms with E-state index in [-0.39, 0.29) is 5.69 Å². The van der Waals surface area contributed by atoms with Crippen LogP contribution in [0.25, 0.3) is 5.69 Å². The van der Waals surface area contributed by atoms with E-state index in [9.17, 15) is 10.1 Å². The number of nitro benzene ring substituents is 1. The Morgan fingerprint density at radius 2 is 2.28 bits per heavy atom. The fourth-order valence-corrected chi connectivity index (χ4v) is 2.03. The molecule has 0 radical (unpaired) electrons. The van der Waals surface area contributed by atoms with Crippen molar-refractivity contribution in [2.45, 2.75) is 6.42 Å². The van der Waals surface area contributed by atoms with E-state index in [2.05, 4.69) is 26.2 Å². The standard InChI is InChI=1S/C10H8BrClN4O2/c11-4-3-7-6-15(14-13-7)10-5-8(16(17)18)1-2-9(10)12/h1-2,5-6H,3-4H2. The van der Waals surface area contributed by atoms with Crippen LogP contribution < -0.4 is 0 Å². The Labute approximate surface area is 116 Å². The number of hydrogen-bond donors (Lipinski definition) is 0. The van der Waals surface area contributed by atoms with Gasteiger partial charge in [0, 0.05) is 23.9 Å². The highest BCUT2D eigenvalue weighted by atomic mass is 79.9. The van der Waals surface area contributed by atoms with Gasteiger partial charge < -0.3 is 0 Å². The normalized spacial score (nSPS) is 10.6. The van der Waals surface area contributed by atoms with E-state index < -0.39 is 4.92 Å². The largest absolute Gasteiger partial charge is 0.271 e. The molecule has 0 aliphatic heterocycles. The van der Waals surface area contributed by atoms with Crippen molar-refractivity contribution >= 4 is 33.2 Å². The minimum absolute atomic E-state index is 0.0352. The van der Waals surface area contributed by atoms with Crippen LogP contribution in [0.2, 0.25) is 5.02 Å². The van der Waals surface area contributed by atoms with Gasteiger partial charge in [0.2, 0.25) is 0 Å². The van der Waals surface area contributed by atoms with Crippen LogP contribution in [-0.2, 0) is 6.42 Å². The van der Waals surface area contributed by atoms with Crippen molar-refractivity contribution < 1.29 is 4.92 Å². The van der Waals surface area contributed by atoms with E-state index in [1.165, 1.54) is 22.9 Å². The molecular weight excluding hydrogens is 323 g/mol. The number of rotatable bonds is 4. The van der Waals surface area contributed by atoms with E-state index in [4.69, 9.17) is 11.6 Å². The minimum atomic E-state index is -0.476. The topological polar surface area (TPSA) is 73.8 Å². The molecule has 0 saturated carbocycles. The molecule has 18 heavy (non-hydrogen) atoms. The summed E-state index contributed by atoms with van der Waals surface area (Å²) in [6, 6.07) is 4.19. The van der Waals surface area contributed by atoms with Crippen molar-refractivity contribution in [2.24, 2.45) is 0 Å². The van der Waals surface area contributed by atoms with Crippen molar-refractivity contribution in [3.63, 3.8) is 0 Å². The number of nitro groups is 1. The summed E-state index contributed by atoms with van der Waals surface area (Å²) in [6.07, 6.45) is 2.43. The zero-order valence-electron chi connectivity index (χ0n) is 9.08. The molecule has 1 aromatic heterocycles. The van der Waals surface area contributed by atoms with E-state index in [1.807, 2.05) is 0 Å². The smallest absolute Gasteiger partial charge is 0.258 e. The van der Waals surface area contributed by atoms with Crippen molar-refractivity contribution in [1.82, 2.24) is 15.0 Å². The van der Waals surface area contributed by atoms with Gasteiger partial charge >= 0.3 is 0 Å². The van der Waals surface area contributed by atoms with Crippen LogP contribution >= 0.6 is 27.5 Å². The van der Waals surface area contributed by atoms with Crippen molar-refractivity contribution in [3.8, 4) is 5.69 Å². The Morgan fingerprint density at radius 1 is 1.50 bits per heavy atom. The summed E-state index contributed by atoms with van der Waals surface area (Å²) in [5.74, 6) is 0. The van der Waals surface area contributed by atoms with Crippen molar-refractivity contribution in [3.05, 3.63) is 45.2 Å². The molecule has 1 aromatic carbocycles. The first-order valence-corrected chi connectivity index (χ1v) is 6.53. The number of aromatic nitrogens is 3. The average Bonchev–Trinajstić information content (AvgIpc) is 2.78. The van der Waals surface area contributed by atoms with Crippen LogP contribution in [0.5, 0.6) is 0 Å². The van der Waals surface area contributed by atoms with Gasteiger partial charge in [-0.1, -0.05) is 32.7 Å². The van der Waals surface area contributed by atoms with Crippen LogP contribution in [0.15, 0.2) is 24.4 Å². The van der Waals surface area contributed by atoms with E-state index in [1.54, 1.807) is 6.20 Å². The summed E-state index contributed by atoms with van der Waals surface area (Å²) < 4.78 is 1.44. The lowest BCUT2D eigenvalue weighted by molar-refractivity contribution is -0.384. The highest BCUT2D eigenvalue weighted by molar-refractivity contribution is 9.09. The second kappa shape index (κ2) is 5.45. The first kappa shape index (κ1) is 13.0. The van der Waals surface area contributed by atoms with Crippen molar-refractivity contribution in [1.29, 1.82) is 0 Å². The molecule has 1 heterocycles. The van der Waals surface area contributed by atoms with Crippen LogP contribution in [0.3, 0.4) is 0 Å². The maximum atomic E-state index is 10.7. The van der Waals surface area contributed by atoms with Gasteiger partial charge in [0.05, 0.1) is 27.5 Å². The van der Waals surface area contributed by atoms with Gasteiger partial charge in [-0.3, -0.25) is 10.1 Å². The molecule has 0 fully saturated rings. The summed E-state index contributed by atoms with van der Waals surface area (Å²) in [4.78, 5) is 10.2. The molecule has 2 aromatic rings. The van der Waals surface area contributed by atoms with Gasteiger partial charge in [-0.25, -0.2) is 4.68 Å². The third kappa shape index (κ3) is 2.68. The summed E-state index contributed by atoms with van der Waals surface area (Å²) in [7, 11) is 0. The second-order valence-electron chi connectivity index (χ2n) is 3.49. The Hall–Kier alpha value is -1.47. The lowest BCUT2D eigenvalue weighted by atomic mass is 10.3. The van der Waals surface area contributed by atoms with Crippen LogP contribution in [-0.4, -0.2) is 25.2 Å². The lowest BCUT2D eigenvalue weighted by Crippen LogP contribution is -1.98.